The fourth-order valence-electron chi connectivity index (χ4n) is 3.58. The highest BCUT2D eigenvalue weighted by molar-refractivity contribution is 7.80. The second-order valence-electron chi connectivity index (χ2n) is 8.39. The highest BCUT2D eigenvalue weighted by Gasteiger charge is 2.10. The number of amides is 1. The molecular formula is C24H48N2O3S. The van der Waals surface area contributed by atoms with Gasteiger partial charge in [-0.2, -0.15) is 12.6 Å². The van der Waals surface area contributed by atoms with Crippen LogP contribution in [-0.4, -0.2) is 37.3 Å². The van der Waals surface area contributed by atoms with E-state index in [-0.39, 0.29) is 11.9 Å². The van der Waals surface area contributed by atoms with Crippen LogP contribution in [0, 0.1) is 0 Å². The summed E-state index contributed by atoms with van der Waals surface area (Å²) in [6, 6.07) is -0.410. The Morgan fingerprint density at radius 1 is 0.767 bits per heavy atom. The molecule has 0 heterocycles. The molecule has 1 atom stereocenters. The average molecular weight is 445 g/mol. The van der Waals surface area contributed by atoms with Crippen molar-refractivity contribution in [3.8, 4) is 0 Å². The van der Waals surface area contributed by atoms with E-state index < -0.39 is 6.04 Å². The SMILES string of the molecule is COC(=O)CCCCCCCCCCCCCCCCCCNC(=O)C(N)CCS. The minimum absolute atomic E-state index is 0.0420. The van der Waals surface area contributed by atoms with E-state index in [1.165, 1.54) is 90.6 Å². The maximum atomic E-state index is 11.7. The summed E-state index contributed by atoms with van der Waals surface area (Å²) in [4.78, 5) is 22.7. The van der Waals surface area contributed by atoms with E-state index >= 15 is 0 Å². The molecule has 6 heteroatoms. The second-order valence-corrected chi connectivity index (χ2v) is 8.84. The number of ether oxygens (including phenoxy) is 1. The van der Waals surface area contributed by atoms with Crippen LogP contribution in [0.2, 0.25) is 0 Å². The summed E-state index contributed by atoms with van der Waals surface area (Å²) in [5.74, 6) is 0.525. The van der Waals surface area contributed by atoms with Crippen molar-refractivity contribution in [1.29, 1.82) is 0 Å². The topological polar surface area (TPSA) is 81.4 Å². The quantitative estimate of drug-likeness (QED) is 0.116. The van der Waals surface area contributed by atoms with E-state index in [0.717, 1.165) is 25.8 Å². The van der Waals surface area contributed by atoms with Gasteiger partial charge in [0.1, 0.15) is 0 Å². The molecule has 0 radical (unpaired) electrons. The number of unbranched alkanes of at least 4 members (excludes halogenated alkanes) is 15. The van der Waals surface area contributed by atoms with Gasteiger partial charge in [-0.05, 0) is 25.0 Å². The first-order valence-electron chi connectivity index (χ1n) is 12.3. The summed E-state index contributed by atoms with van der Waals surface area (Å²) in [6.07, 6.45) is 21.5. The molecule has 0 rings (SSSR count). The number of rotatable bonds is 22. The summed E-state index contributed by atoms with van der Waals surface area (Å²) in [7, 11) is 1.46. The van der Waals surface area contributed by atoms with Gasteiger partial charge in [-0.3, -0.25) is 9.59 Å². The number of nitrogens with one attached hydrogen (secondary N) is 1. The highest BCUT2D eigenvalue weighted by atomic mass is 32.1. The Hall–Kier alpha value is -0.750. The van der Waals surface area contributed by atoms with Crippen molar-refractivity contribution < 1.29 is 14.3 Å². The van der Waals surface area contributed by atoms with Crippen LogP contribution in [0.1, 0.15) is 116 Å². The molecule has 0 saturated carbocycles. The van der Waals surface area contributed by atoms with Crippen LogP contribution in [0.4, 0.5) is 0 Å². The molecule has 0 aliphatic heterocycles. The molecule has 0 aromatic carbocycles. The molecular weight excluding hydrogens is 396 g/mol. The number of carbonyl (C=O) groups is 2. The maximum Gasteiger partial charge on any atom is 0.305 e. The number of hydrogen-bond donors (Lipinski definition) is 3. The van der Waals surface area contributed by atoms with Gasteiger partial charge in [-0.1, -0.05) is 89.9 Å². The van der Waals surface area contributed by atoms with E-state index in [1.807, 2.05) is 0 Å². The number of esters is 1. The number of nitrogens with two attached hydrogens (primary N) is 1. The van der Waals surface area contributed by atoms with Crippen LogP contribution in [0.3, 0.4) is 0 Å². The summed E-state index contributed by atoms with van der Waals surface area (Å²) in [5.41, 5.74) is 5.74. The lowest BCUT2D eigenvalue weighted by molar-refractivity contribution is -0.140. The van der Waals surface area contributed by atoms with Gasteiger partial charge in [-0.25, -0.2) is 0 Å². The standard InChI is InChI=1S/C24H48N2O3S/c1-29-23(27)18-16-14-12-10-8-6-4-2-3-5-7-9-11-13-15-17-20-26-24(28)22(25)19-21-30/h22,30H,2-21,25H2,1H3,(H,26,28). The summed E-state index contributed by atoms with van der Waals surface area (Å²) in [6.45, 7) is 0.743. The molecule has 0 saturated heterocycles. The third kappa shape index (κ3) is 20.5. The van der Waals surface area contributed by atoms with Crippen LogP contribution in [0.25, 0.3) is 0 Å². The monoisotopic (exact) mass is 444 g/mol. The zero-order valence-electron chi connectivity index (χ0n) is 19.5. The molecule has 178 valence electrons. The predicted octanol–water partition coefficient (Wildman–Crippen LogP) is 5.55. The van der Waals surface area contributed by atoms with Gasteiger partial charge < -0.3 is 15.8 Å². The van der Waals surface area contributed by atoms with Crippen molar-refractivity contribution in [2.75, 3.05) is 19.4 Å². The predicted molar refractivity (Wildman–Crippen MR) is 130 cm³/mol. The summed E-state index contributed by atoms with van der Waals surface area (Å²) >= 11 is 4.10. The normalized spacial score (nSPS) is 12.0. The van der Waals surface area contributed by atoms with Crippen molar-refractivity contribution in [3.05, 3.63) is 0 Å². The molecule has 0 aromatic heterocycles. The van der Waals surface area contributed by atoms with Crippen LogP contribution >= 0.6 is 12.6 Å². The van der Waals surface area contributed by atoms with E-state index in [4.69, 9.17) is 5.73 Å². The number of hydrogen-bond acceptors (Lipinski definition) is 5. The van der Waals surface area contributed by atoms with Gasteiger partial charge in [0.05, 0.1) is 13.2 Å². The Morgan fingerprint density at radius 3 is 1.57 bits per heavy atom. The number of thiol groups is 1. The molecule has 1 amide bonds. The smallest absolute Gasteiger partial charge is 0.305 e. The lowest BCUT2D eigenvalue weighted by atomic mass is 10.0. The van der Waals surface area contributed by atoms with Crippen molar-refractivity contribution in [2.45, 2.75) is 122 Å². The number of carbonyl (C=O) groups excluding carboxylic acids is 2. The van der Waals surface area contributed by atoms with Crippen molar-refractivity contribution in [2.24, 2.45) is 5.73 Å². The molecule has 5 nitrogen and oxygen atoms in total. The second kappa shape index (κ2) is 22.9. The molecule has 1 unspecified atom stereocenters. The number of methoxy groups -OCH3 is 1. The van der Waals surface area contributed by atoms with Crippen molar-refractivity contribution >= 4 is 24.5 Å². The Bertz CT molecular complexity index is 408. The molecule has 0 spiro atoms. The van der Waals surface area contributed by atoms with Gasteiger partial charge in [0.2, 0.25) is 5.91 Å². The Kier molecular flexibility index (Phi) is 22.4. The first-order valence-corrected chi connectivity index (χ1v) is 13.0. The van der Waals surface area contributed by atoms with E-state index in [1.54, 1.807) is 0 Å². The zero-order valence-corrected chi connectivity index (χ0v) is 20.4. The highest BCUT2D eigenvalue weighted by Crippen LogP contribution is 2.14. The van der Waals surface area contributed by atoms with Crippen molar-refractivity contribution in [1.82, 2.24) is 5.32 Å². The zero-order chi connectivity index (χ0) is 22.3. The van der Waals surface area contributed by atoms with Crippen LogP contribution in [0.5, 0.6) is 0 Å². The van der Waals surface area contributed by atoms with E-state index in [2.05, 4.69) is 22.7 Å². The minimum Gasteiger partial charge on any atom is -0.469 e. The lowest BCUT2D eigenvalue weighted by Crippen LogP contribution is -2.41. The molecule has 0 aromatic rings. The van der Waals surface area contributed by atoms with Crippen LogP contribution in [0.15, 0.2) is 0 Å². The van der Waals surface area contributed by atoms with Gasteiger partial charge in [0, 0.05) is 13.0 Å². The average Bonchev–Trinajstić information content (AvgIpc) is 2.75. The van der Waals surface area contributed by atoms with E-state index in [9.17, 15) is 9.59 Å². The molecule has 0 fully saturated rings. The van der Waals surface area contributed by atoms with Gasteiger partial charge in [0.25, 0.3) is 0 Å². The largest absolute Gasteiger partial charge is 0.469 e. The lowest BCUT2D eigenvalue weighted by Gasteiger charge is -2.10. The molecule has 0 bridgehead atoms. The van der Waals surface area contributed by atoms with Gasteiger partial charge >= 0.3 is 5.97 Å². The first kappa shape index (κ1) is 29.2. The first-order chi connectivity index (χ1) is 14.6. The minimum atomic E-state index is -0.410. The molecule has 0 aliphatic rings. The summed E-state index contributed by atoms with van der Waals surface area (Å²) < 4.78 is 4.65. The molecule has 3 N–H and O–H groups in total. The van der Waals surface area contributed by atoms with Crippen molar-refractivity contribution in [3.63, 3.8) is 0 Å². The Morgan fingerprint density at radius 2 is 1.17 bits per heavy atom. The third-order valence-corrected chi connectivity index (χ3v) is 5.87. The Labute approximate surface area is 191 Å². The van der Waals surface area contributed by atoms with E-state index in [0.29, 0.717) is 18.6 Å². The fourth-order valence-corrected chi connectivity index (χ4v) is 3.86. The maximum absolute atomic E-state index is 11.7. The van der Waals surface area contributed by atoms with Gasteiger partial charge in [0.15, 0.2) is 0 Å². The third-order valence-electron chi connectivity index (χ3n) is 5.61. The van der Waals surface area contributed by atoms with Gasteiger partial charge in [-0.15, -0.1) is 0 Å². The summed E-state index contributed by atoms with van der Waals surface area (Å²) in [5, 5.41) is 2.91. The van der Waals surface area contributed by atoms with Crippen LogP contribution in [-0.2, 0) is 14.3 Å². The molecule has 30 heavy (non-hydrogen) atoms. The van der Waals surface area contributed by atoms with Crippen LogP contribution < -0.4 is 11.1 Å². The Balaban J connectivity index is 3.15. The fraction of sp³-hybridized carbons (Fsp3) is 0.917. The molecule has 0 aliphatic carbocycles.